The summed E-state index contributed by atoms with van der Waals surface area (Å²) in [4.78, 5) is 13.2. The minimum absolute atomic E-state index is 0.141. The molecule has 7 heteroatoms. The van der Waals surface area contributed by atoms with Crippen LogP contribution < -0.4 is 4.74 Å². The molecule has 0 heterocycles. The van der Waals surface area contributed by atoms with Gasteiger partial charge in [-0.2, -0.15) is 4.39 Å². The van der Waals surface area contributed by atoms with Gasteiger partial charge in [-0.25, -0.2) is 9.18 Å². The van der Waals surface area contributed by atoms with Crippen molar-refractivity contribution in [2.45, 2.75) is 6.92 Å². The molecule has 0 spiro atoms. The minimum atomic E-state index is -1.18. The highest BCUT2D eigenvalue weighted by atomic mass is 79.9. The van der Waals surface area contributed by atoms with Gasteiger partial charge >= 0.3 is 5.97 Å². The second-order valence-electron chi connectivity index (χ2n) is 3.98. The second-order valence-corrected chi connectivity index (χ2v) is 4.89. The van der Waals surface area contributed by atoms with E-state index < -0.39 is 23.4 Å². The van der Waals surface area contributed by atoms with Crippen molar-refractivity contribution in [2.24, 2.45) is 0 Å². The lowest BCUT2D eigenvalue weighted by Crippen LogP contribution is -2.17. The number of halogens is 3. The Morgan fingerprint density at radius 2 is 2.05 bits per heavy atom. The van der Waals surface area contributed by atoms with Crippen LogP contribution in [0.1, 0.15) is 6.92 Å². The number of carbonyl (C=O) groups excluding carboxylic acids is 1. The Hall–Kier alpha value is -1.63. The Morgan fingerprint density at radius 1 is 1.40 bits per heavy atom. The number of benzene rings is 1. The molecule has 0 aliphatic rings. The summed E-state index contributed by atoms with van der Waals surface area (Å²) in [5.74, 6) is -3.67. The van der Waals surface area contributed by atoms with Gasteiger partial charge in [0.2, 0.25) is 11.6 Å². The topological polar surface area (TPSA) is 38.8 Å². The van der Waals surface area contributed by atoms with E-state index in [0.717, 1.165) is 6.07 Å². The highest BCUT2D eigenvalue weighted by Gasteiger charge is 2.18. The van der Waals surface area contributed by atoms with Crippen LogP contribution in [0.5, 0.6) is 5.75 Å². The van der Waals surface area contributed by atoms with Crippen LogP contribution in [0, 0.1) is 11.6 Å². The Kier molecular flexibility index (Phi) is 5.94. The van der Waals surface area contributed by atoms with Crippen molar-refractivity contribution < 1.29 is 23.0 Å². The van der Waals surface area contributed by atoms with Crippen molar-refractivity contribution in [3.63, 3.8) is 0 Å². The van der Waals surface area contributed by atoms with Crippen LogP contribution in [0.4, 0.5) is 8.78 Å². The third-order valence-electron chi connectivity index (χ3n) is 2.03. The van der Waals surface area contributed by atoms with Crippen LogP contribution in [0.15, 0.2) is 28.6 Å². The summed E-state index contributed by atoms with van der Waals surface area (Å²) in [6.45, 7) is 1.77. The first kappa shape index (κ1) is 16.4. The molecular weight excluding hydrogens is 336 g/mol. The fourth-order valence-electron chi connectivity index (χ4n) is 1.28. The predicted octanol–water partition coefficient (Wildman–Crippen LogP) is 3.07. The first-order chi connectivity index (χ1) is 9.35. The van der Waals surface area contributed by atoms with Crippen molar-refractivity contribution in [3.8, 4) is 5.75 Å². The van der Waals surface area contributed by atoms with Crippen molar-refractivity contribution >= 4 is 21.9 Å². The van der Waals surface area contributed by atoms with E-state index in [1.165, 1.54) is 17.2 Å². The molecule has 0 radical (unpaired) electrons. The predicted molar refractivity (Wildman–Crippen MR) is 73.1 cm³/mol. The zero-order valence-corrected chi connectivity index (χ0v) is 12.8. The van der Waals surface area contributed by atoms with E-state index in [1.807, 2.05) is 0 Å². The lowest BCUT2D eigenvalue weighted by atomic mass is 10.3. The van der Waals surface area contributed by atoms with Gasteiger partial charge in [-0.15, -0.1) is 0 Å². The van der Waals surface area contributed by atoms with Crippen molar-refractivity contribution in [1.82, 2.24) is 4.90 Å². The van der Waals surface area contributed by atoms with E-state index in [-0.39, 0.29) is 12.4 Å². The maximum absolute atomic E-state index is 13.6. The Labute approximate surface area is 124 Å². The van der Waals surface area contributed by atoms with E-state index in [4.69, 9.17) is 9.47 Å². The molecule has 0 N–H and O–H groups in total. The zero-order chi connectivity index (χ0) is 15.3. The maximum atomic E-state index is 13.6. The smallest absolute Gasteiger partial charge is 0.375 e. The molecule has 20 heavy (non-hydrogen) atoms. The van der Waals surface area contributed by atoms with Crippen LogP contribution >= 0.6 is 15.9 Å². The van der Waals surface area contributed by atoms with Crippen LogP contribution in [-0.4, -0.2) is 31.6 Å². The van der Waals surface area contributed by atoms with E-state index >= 15 is 0 Å². The second kappa shape index (κ2) is 7.23. The van der Waals surface area contributed by atoms with Gasteiger partial charge < -0.3 is 14.4 Å². The number of nitrogens with zero attached hydrogens (tertiary/aromatic N) is 1. The molecule has 0 aromatic heterocycles. The van der Waals surface area contributed by atoms with Crippen LogP contribution in [0.2, 0.25) is 0 Å². The summed E-state index contributed by atoms with van der Waals surface area (Å²) >= 11 is 3.02. The number of hydrogen-bond donors (Lipinski definition) is 0. The first-order valence-corrected chi connectivity index (χ1v) is 6.52. The standard InChI is InChI=1S/C13H14BrF2NO3/c1-4-19-13(18)11(7-17(2)3)20-10-6-8(14)5-9(15)12(10)16/h5-7H,4H2,1-3H3/b11-7+. The molecular formula is C13H14BrF2NO3. The average molecular weight is 350 g/mol. The molecule has 1 aromatic carbocycles. The van der Waals surface area contributed by atoms with Crippen LogP contribution in [0.3, 0.4) is 0 Å². The van der Waals surface area contributed by atoms with E-state index in [2.05, 4.69) is 15.9 Å². The third-order valence-corrected chi connectivity index (χ3v) is 2.49. The number of rotatable bonds is 5. The highest BCUT2D eigenvalue weighted by Crippen LogP contribution is 2.27. The molecule has 1 aromatic rings. The zero-order valence-electron chi connectivity index (χ0n) is 11.2. The fourth-order valence-corrected chi connectivity index (χ4v) is 1.69. The van der Waals surface area contributed by atoms with Gasteiger partial charge in [-0.1, -0.05) is 15.9 Å². The molecule has 0 aliphatic carbocycles. The van der Waals surface area contributed by atoms with Gasteiger partial charge in [-0.3, -0.25) is 0 Å². The lowest BCUT2D eigenvalue weighted by molar-refractivity contribution is -0.141. The summed E-state index contributed by atoms with van der Waals surface area (Å²) in [5.41, 5.74) is 0. The molecule has 0 unspecified atom stereocenters. The number of ether oxygens (including phenoxy) is 2. The van der Waals surface area contributed by atoms with E-state index in [1.54, 1.807) is 21.0 Å². The first-order valence-electron chi connectivity index (χ1n) is 5.73. The molecule has 0 aliphatic heterocycles. The van der Waals surface area contributed by atoms with Gasteiger partial charge in [0.15, 0.2) is 11.6 Å². The molecule has 0 atom stereocenters. The normalized spacial score (nSPS) is 11.2. The molecule has 0 fully saturated rings. The van der Waals surface area contributed by atoms with Crippen molar-refractivity contribution in [3.05, 3.63) is 40.2 Å². The molecule has 4 nitrogen and oxygen atoms in total. The number of carbonyl (C=O) groups is 1. The fraction of sp³-hybridized carbons (Fsp3) is 0.308. The van der Waals surface area contributed by atoms with Crippen molar-refractivity contribution in [1.29, 1.82) is 0 Å². The third kappa shape index (κ3) is 4.48. The largest absolute Gasteiger partial charge is 0.460 e. The highest BCUT2D eigenvalue weighted by molar-refractivity contribution is 9.10. The lowest BCUT2D eigenvalue weighted by Gasteiger charge is -2.13. The Balaban J connectivity index is 3.10. The average Bonchev–Trinajstić information content (AvgIpc) is 2.34. The SMILES string of the molecule is CCOC(=O)/C(=C\N(C)C)Oc1cc(Br)cc(F)c1F. The summed E-state index contributed by atoms with van der Waals surface area (Å²) < 4.78 is 37.1. The van der Waals surface area contributed by atoms with Crippen molar-refractivity contribution in [2.75, 3.05) is 20.7 Å². The Morgan fingerprint density at radius 3 is 2.60 bits per heavy atom. The van der Waals surface area contributed by atoms with Gasteiger partial charge in [0.25, 0.3) is 0 Å². The van der Waals surface area contributed by atoms with Crippen LogP contribution in [-0.2, 0) is 9.53 Å². The van der Waals surface area contributed by atoms with Crippen LogP contribution in [0.25, 0.3) is 0 Å². The molecule has 0 amide bonds. The van der Waals surface area contributed by atoms with E-state index in [0.29, 0.717) is 4.47 Å². The van der Waals surface area contributed by atoms with Gasteiger partial charge in [0.1, 0.15) is 0 Å². The number of esters is 1. The van der Waals surface area contributed by atoms with Gasteiger partial charge in [0.05, 0.1) is 6.61 Å². The van der Waals surface area contributed by atoms with Gasteiger partial charge in [-0.05, 0) is 19.1 Å². The molecule has 0 saturated carbocycles. The minimum Gasteiger partial charge on any atom is -0.460 e. The number of hydrogen-bond acceptors (Lipinski definition) is 4. The molecule has 0 saturated heterocycles. The summed E-state index contributed by atoms with van der Waals surface area (Å²) in [6.07, 6.45) is 1.32. The van der Waals surface area contributed by atoms with Gasteiger partial charge in [0, 0.05) is 24.8 Å². The summed E-state index contributed by atoms with van der Waals surface area (Å²) in [6, 6.07) is 2.18. The maximum Gasteiger partial charge on any atom is 0.375 e. The molecule has 110 valence electrons. The summed E-state index contributed by atoms with van der Waals surface area (Å²) in [5, 5.41) is 0. The molecule has 0 bridgehead atoms. The summed E-state index contributed by atoms with van der Waals surface area (Å²) in [7, 11) is 3.31. The quantitative estimate of drug-likeness (QED) is 0.354. The van der Waals surface area contributed by atoms with E-state index in [9.17, 15) is 13.6 Å². The Bertz CT molecular complexity index is 533. The molecule has 1 rings (SSSR count). The monoisotopic (exact) mass is 349 g/mol.